The second kappa shape index (κ2) is 9.41. The Balaban J connectivity index is 1.60. The van der Waals surface area contributed by atoms with E-state index < -0.39 is 0 Å². The summed E-state index contributed by atoms with van der Waals surface area (Å²) in [7, 11) is 0. The molecule has 1 aromatic carbocycles. The molecule has 0 bridgehead atoms. The predicted molar refractivity (Wildman–Crippen MR) is 105 cm³/mol. The van der Waals surface area contributed by atoms with Crippen molar-refractivity contribution in [3.63, 3.8) is 0 Å². The number of hydrogen-bond donors (Lipinski definition) is 2. The molecule has 0 radical (unpaired) electrons. The van der Waals surface area contributed by atoms with E-state index in [9.17, 15) is 9.59 Å². The van der Waals surface area contributed by atoms with Gasteiger partial charge in [-0.05, 0) is 25.0 Å². The number of anilines is 1. The Morgan fingerprint density at radius 1 is 1.15 bits per heavy atom. The van der Waals surface area contributed by atoms with Crippen molar-refractivity contribution in [3.05, 3.63) is 42.5 Å². The van der Waals surface area contributed by atoms with Crippen LogP contribution in [0.1, 0.15) is 23.2 Å². The fraction of sp³-hybridized carbons (Fsp3) is 0.500. The van der Waals surface area contributed by atoms with Gasteiger partial charge in [0.2, 0.25) is 0 Å². The highest BCUT2D eigenvalue weighted by Gasteiger charge is 2.26. The summed E-state index contributed by atoms with van der Waals surface area (Å²) < 4.78 is 5.35. The van der Waals surface area contributed by atoms with Gasteiger partial charge in [-0.1, -0.05) is 18.2 Å². The van der Waals surface area contributed by atoms with Gasteiger partial charge in [0, 0.05) is 44.5 Å². The lowest BCUT2D eigenvalue weighted by Crippen LogP contribution is -2.48. The van der Waals surface area contributed by atoms with E-state index in [0.717, 1.165) is 37.2 Å². The smallest absolute Gasteiger partial charge is 0.315 e. The number of benzene rings is 1. The van der Waals surface area contributed by atoms with Gasteiger partial charge in [0.1, 0.15) is 0 Å². The summed E-state index contributed by atoms with van der Waals surface area (Å²) in [4.78, 5) is 28.8. The first-order valence-electron chi connectivity index (χ1n) is 9.55. The molecule has 3 rings (SSSR count). The third kappa shape index (κ3) is 5.01. The molecule has 7 nitrogen and oxygen atoms in total. The summed E-state index contributed by atoms with van der Waals surface area (Å²) in [5, 5.41) is 5.74. The Hall–Kier alpha value is -2.54. The van der Waals surface area contributed by atoms with E-state index in [1.54, 1.807) is 6.08 Å². The van der Waals surface area contributed by atoms with E-state index in [1.807, 2.05) is 29.2 Å². The number of carbonyl (C=O) groups excluding carboxylic acids is 2. The molecule has 2 heterocycles. The molecule has 1 aromatic rings. The number of carbonyl (C=O) groups is 2. The number of morpholine rings is 1. The van der Waals surface area contributed by atoms with Crippen LogP contribution in [-0.2, 0) is 4.74 Å². The van der Waals surface area contributed by atoms with Gasteiger partial charge in [0.05, 0.1) is 18.8 Å². The van der Waals surface area contributed by atoms with Gasteiger partial charge in [-0.2, -0.15) is 0 Å². The van der Waals surface area contributed by atoms with Gasteiger partial charge in [-0.25, -0.2) is 4.79 Å². The van der Waals surface area contributed by atoms with Gasteiger partial charge in [-0.3, -0.25) is 4.79 Å². The highest BCUT2D eigenvalue weighted by Crippen LogP contribution is 2.25. The summed E-state index contributed by atoms with van der Waals surface area (Å²) >= 11 is 0. The van der Waals surface area contributed by atoms with Crippen molar-refractivity contribution in [2.45, 2.75) is 18.9 Å². The zero-order chi connectivity index (χ0) is 19.1. The highest BCUT2D eigenvalue weighted by molar-refractivity contribution is 6.00. The number of nitrogens with zero attached hydrogens (tertiary/aromatic N) is 2. The summed E-state index contributed by atoms with van der Waals surface area (Å²) in [6.07, 6.45) is 3.35. The van der Waals surface area contributed by atoms with Crippen LogP contribution in [0.25, 0.3) is 0 Å². The summed E-state index contributed by atoms with van der Waals surface area (Å²) in [5.41, 5.74) is 1.72. The van der Waals surface area contributed by atoms with Crippen molar-refractivity contribution in [3.8, 4) is 0 Å². The standard InChI is InChI=1S/C20H28N4O3/c1-2-9-21-20(26)22-16-7-10-23(11-8-16)18-6-4-3-5-17(18)19(25)24-12-14-27-15-13-24/h2-6,16H,1,7-15H2,(H2,21,22,26). The largest absolute Gasteiger partial charge is 0.378 e. The van der Waals surface area contributed by atoms with E-state index in [4.69, 9.17) is 4.74 Å². The predicted octanol–water partition coefficient (Wildman–Crippen LogP) is 1.61. The van der Waals surface area contributed by atoms with Crippen LogP contribution in [-0.4, -0.2) is 68.8 Å². The van der Waals surface area contributed by atoms with Crippen LogP contribution in [0.4, 0.5) is 10.5 Å². The SMILES string of the molecule is C=CCNC(=O)NC1CCN(c2ccccc2C(=O)N2CCOCC2)CC1. The topological polar surface area (TPSA) is 73.9 Å². The average Bonchev–Trinajstić information content (AvgIpc) is 2.73. The van der Waals surface area contributed by atoms with Crippen molar-refractivity contribution < 1.29 is 14.3 Å². The first-order chi connectivity index (χ1) is 13.2. The quantitative estimate of drug-likeness (QED) is 0.771. The van der Waals surface area contributed by atoms with E-state index in [1.165, 1.54) is 0 Å². The number of amides is 3. The maximum atomic E-state index is 12.9. The maximum Gasteiger partial charge on any atom is 0.315 e. The molecule has 0 atom stereocenters. The van der Waals surface area contributed by atoms with Crippen LogP contribution < -0.4 is 15.5 Å². The third-order valence-electron chi connectivity index (χ3n) is 5.01. The Kier molecular flexibility index (Phi) is 6.70. The number of nitrogens with one attached hydrogen (secondary N) is 2. The molecule has 2 aliphatic heterocycles. The van der Waals surface area contributed by atoms with Gasteiger partial charge in [0.15, 0.2) is 0 Å². The molecule has 0 unspecified atom stereocenters. The normalized spacial score (nSPS) is 18.1. The Bertz CT molecular complexity index is 665. The Morgan fingerprint density at radius 3 is 2.56 bits per heavy atom. The molecule has 2 fully saturated rings. The number of piperidine rings is 1. The van der Waals surface area contributed by atoms with E-state index in [2.05, 4.69) is 22.1 Å². The van der Waals surface area contributed by atoms with Crippen molar-refractivity contribution >= 4 is 17.6 Å². The van der Waals surface area contributed by atoms with Gasteiger partial charge < -0.3 is 25.2 Å². The van der Waals surface area contributed by atoms with Crippen molar-refractivity contribution in [1.29, 1.82) is 0 Å². The van der Waals surface area contributed by atoms with Gasteiger partial charge in [0.25, 0.3) is 5.91 Å². The molecule has 0 spiro atoms. The Labute approximate surface area is 160 Å². The minimum absolute atomic E-state index is 0.0675. The molecule has 0 saturated carbocycles. The monoisotopic (exact) mass is 372 g/mol. The van der Waals surface area contributed by atoms with Crippen LogP contribution in [0.15, 0.2) is 36.9 Å². The molecule has 7 heteroatoms. The molecule has 3 amide bonds. The molecule has 146 valence electrons. The molecule has 0 aromatic heterocycles. The van der Waals surface area contributed by atoms with E-state index in [-0.39, 0.29) is 18.0 Å². The van der Waals surface area contributed by atoms with Crippen LogP contribution >= 0.6 is 0 Å². The number of para-hydroxylation sites is 1. The lowest BCUT2D eigenvalue weighted by molar-refractivity contribution is 0.0303. The van der Waals surface area contributed by atoms with Gasteiger partial charge >= 0.3 is 6.03 Å². The zero-order valence-electron chi connectivity index (χ0n) is 15.7. The maximum absolute atomic E-state index is 12.9. The number of ether oxygens (including phenoxy) is 1. The molecule has 0 aliphatic carbocycles. The molecule has 2 saturated heterocycles. The minimum Gasteiger partial charge on any atom is -0.378 e. The van der Waals surface area contributed by atoms with Crippen molar-refractivity contribution in [1.82, 2.24) is 15.5 Å². The second-order valence-electron chi connectivity index (χ2n) is 6.83. The molecule has 27 heavy (non-hydrogen) atoms. The average molecular weight is 372 g/mol. The molecular formula is C20H28N4O3. The van der Waals surface area contributed by atoms with E-state index >= 15 is 0 Å². The summed E-state index contributed by atoms with van der Waals surface area (Å²) in [5.74, 6) is 0.0675. The van der Waals surface area contributed by atoms with Crippen LogP contribution in [0.2, 0.25) is 0 Å². The first-order valence-corrected chi connectivity index (χ1v) is 9.55. The lowest BCUT2D eigenvalue weighted by atomic mass is 10.0. The fourth-order valence-electron chi connectivity index (χ4n) is 3.53. The molecule has 2 N–H and O–H groups in total. The first kappa shape index (κ1) is 19.2. The minimum atomic E-state index is -0.156. The van der Waals surface area contributed by atoms with Crippen LogP contribution in [0, 0.1) is 0 Å². The number of hydrogen-bond acceptors (Lipinski definition) is 4. The fourth-order valence-corrected chi connectivity index (χ4v) is 3.53. The summed E-state index contributed by atoms with van der Waals surface area (Å²) in [6, 6.07) is 7.79. The zero-order valence-corrected chi connectivity index (χ0v) is 15.7. The Morgan fingerprint density at radius 2 is 1.85 bits per heavy atom. The van der Waals surface area contributed by atoms with Crippen molar-refractivity contribution in [2.24, 2.45) is 0 Å². The van der Waals surface area contributed by atoms with Crippen LogP contribution in [0.5, 0.6) is 0 Å². The van der Waals surface area contributed by atoms with Crippen molar-refractivity contribution in [2.75, 3.05) is 50.8 Å². The molecular weight excluding hydrogens is 344 g/mol. The van der Waals surface area contributed by atoms with Gasteiger partial charge in [-0.15, -0.1) is 6.58 Å². The highest BCUT2D eigenvalue weighted by atomic mass is 16.5. The van der Waals surface area contributed by atoms with Crippen LogP contribution in [0.3, 0.4) is 0 Å². The summed E-state index contributed by atoms with van der Waals surface area (Å²) in [6.45, 7) is 8.13. The third-order valence-corrected chi connectivity index (χ3v) is 5.01. The molecule has 2 aliphatic rings. The van der Waals surface area contributed by atoms with E-state index in [0.29, 0.717) is 32.8 Å². The lowest BCUT2D eigenvalue weighted by Gasteiger charge is -2.35. The number of rotatable bonds is 5. The number of urea groups is 1. The second-order valence-corrected chi connectivity index (χ2v) is 6.83.